The molecule has 21 heavy (non-hydrogen) atoms. The van der Waals surface area contributed by atoms with Crippen LogP contribution in [0.15, 0.2) is 23.1 Å². The quantitative estimate of drug-likeness (QED) is 0.722. The molecule has 1 aromatic carbocycles. The maximum absolute atomic E-state index is 12.2. The molecule has 0 spiro atoms. The first-order chi connectivity index (χ1) is 9.98. The average molecular weight is 314 g/mol. The van der Waals surface area contributed by atoms with Crippen molar-refractivity contribution >= 4 is 10.0 Å². The maximum Gasteiger partial charge on any atom is 0.240 e. The molecule has 6 heteroatoms. The zero-order valence-electron chi connectivity index (χ0n) is 13.1. The van der Waals surface area contributed by atoms with Gasteiger partial charge in [0.1, 0.15) is 0 Å². The Kier molecular flexibility index (Phi) is 7.31. The first kappa shape index (κ1) is 18.1. The highest BCUT2D eigenvalue weighted by atomic mass is 32.2. The van der Waals surface area contributed by atoms with Gasteiger partial charge in [0.15, 0.2) is 0 Å². The van der Waals surface area contributed by atoms with E-state index >= 15 is 0 Å². The van der Waals surface area contributed by atoms with Crippen LogP contribution in [0.25, 0.3) is 0 Å². The Morgan fingerprint density at radius 2 is 1.81 bits per heavy atom. The van der Waals surface area contributed by atoms with Crippen LogP contribution in [0.5, 0.6) is 0 Å². The molecular weight excluding hydrogens is 288 g/mol. The molecule has 5 nitrogen and oxygen atoms in total. The van der Waals surface area contributed by atoms with Crippen LogP contribution in [0.3, 0.4) is 0 Å². The summed E-state index contributed by atoms with van der Waals surface area (Å²) in [6, 6.07) is 4.92. The van der Waals surface area contributed by atoms with E-state index in [2.05, 4.69) is 23.5 Å². The summed E-state index contributed by atoms with van der Waals surface area (Å²) in [6.07, 6.45) is 0.769. The van der Waals surface area contributed by atoms with Gasteiger partial charge in [0.25, 0.3) is 0 Å². The lowest BCUT2D eigenvalue weighted by molar-refractivity contribution is 0.280. The second-order valence-electron chi connectivity index (χ2n) is 4.87. The molecule has 0 fully saturated rings. The van der Waals surface area contributed by atoms with Gasteiger partial charge in [-0.2, -0.15) is 0 Å². The summed E-state index contributed by atoms with van der Waals surface area (Å²) in [5.41, 5.74) is 1.64. The molecule has 0 aromatic heterocycles. The summed E-state index contributed by atoms with van der Waals surface area (Å²) < 4.78 is 27.1. The highest BCUT2D eigenvalue weighted by Gasteiger charge is 2.15. The predicted octanol–water partition coefficient (Wildman–Crippen LogP) is 1.36. The first-order valence-corrected chi connectivity index (χ1v) is 8.91. The summed E-state index contributed by atoms with van der Waals surface area (Å²) in [5.74, 6) is 0. The topological polar surface area (TPSA) is 69.6 Å². The molecule has 0 aliphatic carbocycles. The number of nitrogens with one attached hydrogen (secondary N) is 1. The van der Waals surface area contributed by atoms with E-state index in [4.69, 9.17) is 0 Å². The minimum atomic E-state index is -3.52. The molecule has 0 aliphatic heterocycles. The van der Waals surface area contributed by atoms with Gasteiger partial charge in [0.05, 0.1) is 11.5 Å². The third kappa shape index (κ3) is 5.07. The zero-order valence-corrected chi connectivity index (χ0v) is 13.9. The number of aliphatic hydroxyl groups is 1. The molecule has 0 amide bonds. The number of rotatable bonds is 9. The lowest BCUT2D eigenvalue weighted by Gasteiger charge is -2.18. The lowest BCUT2D eigenvalue weighted by Crippen LogP contribution is -2.34. The normalized spacial score (nSPS) is 12.0. The summed E-state index contributed by atoms with van der Waals surface area (Å²) in [5, 5.41) is 9.33. The standard InChI is InChI=1S/C15H26N2O3S/c1-4-13-7-8-15(11-14(13)12-18)21(19,20)16-9-10-17(5-2)6-3/h7-8,11,16,18H,4-6,9-10,12H2,1-3H3. The zero-order chi connectivity index (χ0) is 15.9. The Balaban J connectivity index is 2.78. The molecule has 0 radical (unpaired) electrons. The van der Waals surface area contributed by atoms with Crippen molar-refractivity contribution in [1.82, 2.24) is 9.62 Å². The van der Waals surface area contributed by atoms with Crippen molar-refractivity contribution in [3.05, 3.63) is 29.3 Å². The van der Waals surface area contributed by atoms with Gasteiger partial charge in [-0.15, -0.1) is 0 Å². The molecule has 2 N–H and O–H groups in total. The Morgan fingerprint density at radius 1 is 1.14 bits per heavy atom. The summed E-state index contributed by atoms with van der Waals surface area (Å²) in [7, 11) is -3.52. The molecule has 0 aliphatic rings. The van der Waals surface area contributed by atoms with E-state index in [1.54, 1.807) is 18.2 Å². The fourth-order valence-corrected chi connectivity index (χ4v) is 3.29. The lowest BCUT2D eigenvalue weighted by atomic mass is 10.1. The molecular formula is C15H26N2O3S. The minimum absolute atomic E-state index is 0.147. The second kappa shape index (κ2) is 8.48. The molecule has 120 valence electrons. The summed E-state index contributed by atoms with van der Waals surface area (Å²) in [4.78, 5) is 2.37. The highest BCUT2D eigenvalue weighted by molar-refractivity contribution is 7.89. The third-order valence-corrected chi connectivity index (χ3v) is 5.11. The minimum Gasteiger partial charge on any atom is -0.392 e. The highest BCUT2D eigenvalue weighted by Crippen LogP contribution is 2.16. The molecule has 0 unspecified atom stereocenters. The fourth-order valence-electron chi connectivity index (χ4n) is 2.22. The van der Waals surface area contributed by atoms with Crippen molar-refractivity contribution in [3.8, 4) is 0 Å². The molecule has 1 aromatic rings. The van der Waals surface area contributed by atoms with Crippen LogP contribution in [0.1, 0.15) is 31.9 Å². The molecule has 0 bridgehead atoms. The second-order valence-corrected chi connectivity index (χ2v) is 6.63. The van der Waals surface area contributed by atoms with E-state index in [1.807, 2.05) is 6.92 Å². The van der Waals surface area contributed by atoms with Gasteiger partial charge in [-0.3, -0.25) is 0 Å². The number of aryl methyl sites for hydroxylation is 1. The van der Waals surface area contributed by atoms with Gasteiger partial charge < -0.3 is 10.0 Å². The summed E-state index contributed by atoms with van der Waals surface area (Å²) >= 11 is 0. The SMILES string of the molecule is CCc1ccc(S(=O)(=O)NCCN(CC)CC)cc1CO. The van der Waals surface area contributed by atoms with Crippen LogP contribution in [0, 0.1) is 0 Å². The Hall–Kier alpha value is -0.950. The van der Waals surface area contributed by atoms with Crippen molar-refractivity contribution in [2.24, 2.45) is 0 Å². The van der Waals surface area contributed by atoms with E-state index in [0.29, 0.717) is 18.7 Å². The summed E-state index contributed by atoms with van der Waals surface area (Å²) in [6.45, 7) is 8.80. The maximum atomic E-state index is 12.2. The van der Waals surface area contributed by atoms with Gasteiger partial charge >= 0.3 is 0 Å². The van der Waals surface area contributed by atoms with Crippen molar-refractivity contribution in [2.75, 3.05) is 26.2 Å². The largest absolute Gasteiger partial charge is 0.392 e. The molecule has 0 heterocycles. The Bertz CT molecular complexity index is 540. The molecule has 0 saturated carbocycles. The van der Waals surface area contributed by atoms with E-state index in [1.165, 1.54) is 0 Å². The number of hydrogen-bond donors (Lipinski definition) is 2. The molecule has 0 atom stereocenters. The van der Waals surface area contributed by atoms with Crippen molar-refractivity contribution < 1.29 is 13.5 Å². The van der Waals surface area contributed by atoms with Crippen molar-refractivity contribution in [2.45, 2.75) is 38.7 Å². The number of nitrogens with zero attached hydrogens (tertiary/aromatic N) is 1. The molecule has 0 saturated heterocycles. The number of benzene rings is 1. The smallest absolute Gasteiger partial charge is 0.240 e. The van der Waals surface area contributed by atoms with Crippen LogP contribution >= 0.6 is 0 Å². The number of aliphatic hydroxyl groups excluding tert-OH is 1. The van der Waals surface area contributed by atoms with Crippen LogP contribution in [0.4, 0.5) is 0 Å². The van der Waals surface area contributed by atoms with Gasteiger partial charge in [-0.25, -0.2) is 13.1 Å². The van der Waals surface area contributed by atoms with E-state index in [9.17, 15) is 13.5 Å². The van der Waals surface area contributed by atoms with Gasteiger partial charge in [0, 0.05) is 13.1 Å². The fraction of sp³-hybridized carbons (Fsp3) is 0.600. The van der Waals surface area contributed by atoms with Gasteiger partial charge in [0.2, 0.25) is 10.0 Å². The Morgan fingerprint density at radius 3 is 2.33 bits per heavy atom. The van der Waals surface area contributed by atoms with Crippen LogP contribution in [0.2, 0.25) is 0 Å². The first-order valence-electron chi connectivity index (χ1n) is 7.43. The number of sulfonamides is 1. The predicted molar refractivity (Wildman–Crippen MR) is 84.7 cm³/mol. The van der Waals surface area contributed by atoms with E-state index < -0.39 is 10.0 Å². The van der Waals surface area contributed by atoms with E-state index in [0.717, 1.165) is 25.1 Å². The van der Waals surface area contributed by atoms with Gasteiger partial charge in [-0.1, -0.05) is 26.8 Å². The number of hydrogen-bond acceptors (Lipinski definition) is 4. The Labute approximate surface area is 128 Å². The third-order valence-electron chi connectivity index (χ3n) is 3.65. The average Bonchev–Trinajstić information content (AvgIpc) is 2.50. The van der Waals surface area contributed by atoms with Crippen molar-refractivity contribution in [3.63, 3.8) is 0 Å². The van der Waals surface area contributed by atoms with Crippen LogP contribution in [-0.2, 0) is 23.1 Å². The molecule has 1 rings (SSSR count). The van der Waals surface area contributed by atoms with E-state index in [-0.39, 0.29) is 11.5 Å². The van der Waals surface area contributed by atoms with Crippen LogP contribution in [-0.4, -0.2) is 44.6 Å². The number of likely N-dealkylation sites (N-methyl/N-ethyl adjacent to an activating group) is 1. The van der Waals surface area contributed by atoms with Crippen molar-refractivity contribution in [1.29, 1.82) is 0 Å². The van der Waals surface area contributed by atoms with Gasteiger partial charge in [-0.05, 0) is 42.8 Å². The van der Waals surface area contributed by atoms with Crippen LogP contribution < -0.4 is 4.72 Å². The monoisotopic (exact) mass is 314 g/mol.